The van der Waals surface area contributed by atoms with Crippen molar-refractivity contribution in [1.29, 1.82) is 0 Å². The average molecular weight is 211 g/mol. The summed E-state index contributed by atoms with van der Waals surface area (Å²) in [5.41, 5.74) is 3.56. The quantitative estimate of drug-likeness (QED) is 0.620. The van der Waals surface area contributed by atoms with Crippen LogP contribution in [0.4, 0.5) is 0 Å². The van der Waals surface area contributed by atoms with Crippen LogP contribution in [0.3, 0.4) is 0 Å². The molecule has 0 spiro atoms. The van der Waals surface area contributed by atoms with Gasteiger partial charge in [-0.2, -0.15) is 0 Å². The molecule has 2 heterocycles. The summed E-state index contributed by atoms with van der Waals surface area (Å²) in [7, 11) is 0. The zero-order valence-electron chi connectivity index (χ0n) is 8.71. The third-order valence-corrected chi connectivity index (χ3v) is 2.37. The highest BCUT2D eigenvalue weighted by Gasteiger charge is 2.04. The molecule has 0 saturated carbocycles. The van der Waals surface area contributed by atoms with Gasteiger partial charge < -0.3 is 4.42 Å². The maximum absolute atomic E-state index is 5.41. The molecule has 0 N–H and O–H groups in total. The Labute approximate surface area is 92.0 Å². The number of nitrogens with zero attached hydrogens (tertiary/aromatic N) is 3. The molecule has 3 rings (SSSR count). The Morgan fingerprint density at radius 3 is 2.94 bits per heavy atom. The Morgan fingerprint density at radius 1 is 1.19 bits per heavy atom. The van der Waals surface area contributed by atoms with Crippen molar-refractivity contribution in [2.24, 2.45) is 0 Å². The van der Waals surface area contributed by atoms with Gasteiger partial charge in [0.25, 0.3) is 0 Å². The van der Waals surface area contributed by atoms with E-state index in [2.05, 4.69) is 15.0 Å². The Hall–Kier alpha value is -2.23. The Morgan fingerprint density at radius 2 is 2.12 bits per heavy atom. The van der Waals surface area contributed by atoms with Crippen molar-refractivity contribution < 1.29 is 4.42 Å². The lowest BCUT2D eigenvalue weighted by molar-refractivity contribution is 0.561. The lowest BCUT2D eigenvalue weighted by Gasteiger charge is -1.98. The van der Waals surface area contributed by atoms with Gasteiger partial charge in [-0.15, -0.1) is 0 Å². The van der Waals surface area contributed by atoms with E-state index >= 15 is 0 Å². The number of hydrogen-bond acceptors (Lipinski definition) is 4. The van der Waals surface area contributed by atoms with E-state index in [1.807, 2.05) is 31.2 Å². The van der Waals surface area contributed by atoms with Crippen molar-refractivity contribution in [3.05, 3.63) is 42.7 Å². The van der Waals surface area contributed by atoms with Crippen LogP contribution in [0.1, 0.15) is 5.89 Å². The highest BCUT2D eigenvalue weighted by atomic mass is 16.3. The molecule has 0 amide bonds. The maximum atomic E-state index is 5.41. The van der Waals surface area contributed by atoms with Crippen LogP contribution in [0.5, 0.6) is 0 Å². The van der Waals surface area contributed by atoms with Gasteiger partial charge in [-0.1, -0.05) is 0 Å². The highest BCUT2D eigenvalue weighted by molar-refractivity contribution is 5.79. The fourth-order valence-corrected chi connectivity index (χ4v) is 1.66. The molecule has 16 heavy (non-hydrogen) atoms. The largest absolute Gasteiger partial charge is 0.441 e. The number of oxazole rings is 1. The molecule has 4 nitrogen and oxygen atoms in total. The zero-order valence-corrected chi connectivity index (χ0v) is 8.71. The summed E-state index contributed by atoms with van der Waals surface area (Å²) in [5.74, 6) is 0.676. The lowest BCUT2D eigenvalue weighted by atomic mass is 10.1. The molecule has 78 valence electrons. The van der Waals surface area contributed by atoms with Gasteiger partial charge >= 0.3 is 0 Å². The number of hydrogen-bond donors (Lipinski definition) is 0. The zero-order chi connectivity index (χ0) is 11.0. The Balaban J connectivity index is 2.18. The van der Waals surface area contributed by atoms with Gasteiger partial charge in [-0.05, 0) is 24.3 Å². The number of aryl methyl sites for hydroxylation is 1. The van der Waals surface area contributed by atoms with Crippen molar-refractivity contribution in [2.75, 3.05) is 0 Å². The Bertz CT molecular complexity index is 631. The number of fused-ring (bicyclic) bond motifs is 1. The molecule has 0 bridgehead atoms. The van der Waals surface area contributed by atoms with Crippen LogP contribution in [0, 0.1) is 6.92 Å². The monoisotopic (exact) mass is 211 g/mol. The van der Waals surface area contributed by atoms with Gasteiger partial charge in [-0.3, -0.25) is 0 Å². The molecular weight excluding hydrogens is 202 g/mol. The van der Waals surface area contributed by atoms with Crippen molar-refractivity contribution in [3.8, 4) is 11.3 Å². The van der Waals surface area contributed by atoms with Crippen molar-refractivity contribution >= 4 is 11.1 Å². The molecule has 0 fully saturated rings. The van der Waals surface area contributed by atoms with E-state index in [9.17, 15) is 0 Å². The minimum Gasteiger partial charge on any atom is -0.441 e. The summed E-state index contributed by atoms with van der Waals surface area (Å²) in [6.07, 6.45) is 3.26. The van der Waals surface area contributed by atoms with Gasteiger partial charge in [0.15, 0.2) is 11.5 Å². The van der Waals surface area contributed by atoms with Crippen LogP contribution in [-0.4, -0.2) is 15.0 Å². The fourth-order valence-electron chi connectivity index (χ4n) is 1.66. The summed E-state index contributed by atoms with van der Waals surface area (Å²) >= 11 is 0. The lowest BCUT2D eigenvalue weighted by Crippen LogP contribution is -1.83. The summed E-state index contributed by atoms with van der Waals surface area (Å²) < 4.78 is 5.41. The molecule has 0 unspecified atom stereocenters. The molecule has 1 aromatic carbocycles. The standard InChI is InChI=1S/C12H9N3O/c1-8-15-11-6-9(2-3-12(11)16-8)10-4-5-13-7-14-10/h2-7H,1H3. The Kier molecular flexibility index (Phi) is 1.93. The van der Waals surface area contributed by atoms with Crippen LogP contribution in [0.15, 0.2) is 41.2 Å². The summed E-state index contributed by atoms with van der Waals surface area (Å²) in [5, 5.41) is 0. The van der Waals surface area contributed by atoms with Crippen molar-refractivity contribution in [1.82, 2.24) is 15.0 Å². The third kappa shape index (κ3) is 1.44. The van der Waals surface area contributed by atoms with E-state index in [0.717, 1.165) is 22.4 Å². The summed E-state index contributed by atoms with van der Waals surface area (Å²) in [4.78, 5) is 12.4. The second-order valence-electron chi connectivity index (χ2n) is 3.51. The van der Waals surface area contributed by atoms with Crippen LogP contribution in [-0.2, 0) is 0 Å². The third-order valence-electron chi connectivity index (χ3n) is 2.37. The van der Waals surface area contributed by atoms with Crippen molar-refractivity contribution in [3.63, 3.8) is 0 Å². The van der Waals surface area contributed by atoms with Gasteiger partial charge in [-0.25, -0.2) is 15.0 Å². The summed E-state index contributed by atoms with van der Waals surface area (Å²) in [6, 6.07) is 7.71. The molecular formula is C12H9N3O. The molecule has 0 aliphatic heterocycles. The van der Waals surface area contributed by atoms with E-state index in [1.165, 1.54) is 6.33 Å². The van der Waals surface area contributed by atoms with E-state index in [1.54, 1.807) is 6.20 Å². The minimum absolute atomic E-state index is 0.676. The van der Waals surface area contributed by atoms with Gasteiger partial charge in [0, 0.05) is 18.7 Å². The van der Waals surface area contributed by atoms with Crippen LogP contribution in [0.2, 0.25) is 0 Å². The van der Waals surface area contributed by atoms with Crippen LogP contribution in [0.25, 0.3) is 22.4 Å². The first-order valence-corrected chi connectivity index (χ1v) is 4.96. The molecule has 3 aromatic rings. The first kappa shape index (κ1) is 9.03. The first-order valence-electron chi connectivity index (χ1n) is 4.96. The van der Waals surface area contributed by atoms with E-state index in [-0.39, 0.29) is 0 Å². The van der Waals surface area contributed by atoms with Gasteiger partial charge in [0.1, 0.15) is 11.8 Å². The number of aromatic nitrogens is 3. The fraction of sp³-hybridized carbons (Fsp3) is 0.0833. The second-order valence-corrected chi connectivity index (χ2v) is 3.51. The van der Waals surface area contributed by atoms with Crippen LogP contribution >= 0.6 is 0 Å². The summed E-state index contributed by atoms with van der Waals surface area (Å²) in [6.45, 7) is 1.84. The normalized spacial score (nSPS) is 10.8. The maximum Gasteiger partial charge on any atom is 0.192 e. The molecule has 0 radical (unpaired) electrons. The van der Waals surface area contributed by atoms with Crippen LogP contribution < -0.4 is 0 Å². The predicted molar refractivity (Wildman–Crippen MR) is 59.8 cm³/mol. The molecule has 2 aromatic heterocycles. The molecule has 0 saturated heterocycles. The number of rotatable bonds is 1. The number of benzene rings is 1. The van der Waals surface area contributed by atoms with E-state index < -0.39 is 0 Å². The molecule has 0 aliphatic carbocycles. The molecule has 0 atom stereocenters. The smallest absolute Gasteiger partial charge is 0.192 e. The first-order chi connectivity index (χ1) is 7.83. The SMILES string of the molecule is Cc1nc2cc(-c3ccncn3)ccc2o1. The predicted octanol–water partition coefficient (Wildman–Crippen LogP) is 2.59. The van der Waals surface area contributed by atoms with E-state index in [0.29, 0.717) is 5.89 Å². The highest BCUT2D eigenvalue weighted by Crippen LogP contribution is 2.22. The van der Waals surface area contributed by atoms with Gasteiger partial charge in [0.05, 0.1) is 5.69 Å². The molecule has 4 heteroatoms. The topological polar surface area (TPSA) is 51.8 Å². The van der Waals surface area contributed by atoms with E-state index in [4.69, 9.17) is 4.42 Å². The average Bonchev–Trinajstić information content (AvgIpc) is 2.69. The minimum atomic E-state index is 0.676. The molecule has 0 aliphatic rings. The second kappa shape index (κ2) is 3.41. The van der Waals surface area contributed by atoms with Gasteiger partial charge in [0.2, 0.25) is 0 Å². The van der Waals surface area contributed by atoms with Crippen molar-refractivity contribution in [2.45, 2.75) is 6.92 Å².